The number of rotatable bonds is 4. The van der Waals surface area contributed by atoms with Gasteiger partial charge in [0.25, 0.3) is 0 Å². The number of hydrogen-bond donors (Lipinski definition) is 0. The lowest BCUT2D eigenvalue weighted by atomic mass is 9.91. The fourth-order valence-corrected chi connectivity index (χ4v) is 17.6. The summed E-state index contributed by atoms with van der Waals surface area (Å²) in [5, 5.41) is 2.76. The van der Waals surface area contributed by atoms with E-state index in [1.165, 1.54) is 10.6 Å². The molecular weight excluding hydrogens is 550 g/mol. The van der Waals surface area contributed by atoms with E-state index in [1.54, 1.807) is 0 Å². The molecule has 0 N–H and O–H groups in total. The van der Waals surface area contributed by atoms with Gasteiger partial charge < -0.3 is 23.7 Å². The Labute approximate surface area is 249 Å². The number of benzene rings is 2. The maximum atomic E-state index is 7.06. The molecule has 2 aromatic carbocycles. The van der Waals surface area contributed by atoms with Crippen molar-refractivity contribution >= 4 is 26.5 Å². The van der Waals surface area contributed by atoms with Crippen LogP contribution in [0.25, 0.3) is 0 Å². The second-order valence-electron chi connectivity index (χ2n) is 14.9. The van der Waals surface area contributed by atoms with E-state index in [2.05, 4.69) is 104 Å². The van der Waals surface area contributed by atoms with Gasteiger partial charge in [0.15, 0.2) is 11.6 Å². The zero-order chi connectivity index (χ0) is 29.3. The first-order chi connectivity index (χ1) is 19.2. The van der Waals surface area contributed by atoms with Crippen LogP contribution in [0.2, 0.25) is 0 Å². The molecule has 0 atom stereocenters. The highest BCUT2D eigenvalue weighted by molar-refractivity contribution is 7.69. The summed E-state index contributed by atoms with van der Waals surface area (Å²) in [6.07, 6.45) is 3.61. The number of hydrogen-bond acceptors (Lipinski definition) is 5. The van der Waals surface area contributed by atoms with Crippen LogP contribution in [-0.4, -0.2) is 58.6 Å². The third-order valence-corrected chi connectivity index (χ3v) is 16.5. The normalized spacial score (nSPS) is 27.8. The molecule has 2 spiro atoms. The summed E-state index contributed by atoms with van der Waals surface area (Å²) in [7, 11) is -1.20. The summed E-state index contributed by atoms with van der Waals surface area (Å²) in [6.45, 7) is 22.0. The Morgan fingerprint density at radius 3 is 1.10 bits per heavy atom. The highest BCUT2D eigenvalue weighted by atomic mass is 31.1. The monoisotopic (exact) mass is 598 g/mol. The molecule has 7 heteroatoms. The summed E-state index contributed by atoms with van der Waals surface area (Å²) in [4.78, 5) is 0. The van der Waals surface area contributed by atoms with Crippen molar-refractivity contribution in [3.63, 3.8) is 0 Å². The van der Waals surface area contributed by atoms with Crippen LogP contribution in [0.3, 0.4) is 0 Å². The standard InChI is InChI=1S/C34H48O5P2/c1-29(2)21-33(35-17-18-36-33)22-30(3,4)40(29)27-15-11-9-13-25(27)39-26-14-10-12-16-28(26)41-31(5,6)23-34(24-32(41,7)8)37-19-20-38-34/h9-16H,17-24H2,1-8H3. The van der Waals surface area contributed by atoms with Gasteiger partial charge in [-0.25, -0.2) is 0 Å². The highest BCUT2D eigenvalue weighted by Crippen LogP contribution is 2.70. The largest absolute Gasteiger partial charge is 0.456 e. The van der Waals surface area contributed by atoms with Crippen LogP contribution in [0, 0.1) is 0 Å². The first kappa shape index (κ1) is 30.0. The Hall–Kier alpha value is -1.06. The second kappa shape index (κ2) is 10.3. The Morgan fingerprint density at radius 1 is 0.488 bits per heavy atom. The average molecular weight is 599 g/mol. The van der Waals surface area contributed by atoms with E-state index < -0.39 is 27.4 Å². The van der Waals surface area contributed by atoms with Gasteiger partial charge in [-0.2, -0.15) is 0 Å². The van der Waals surface area contributed by atoms with Gasteiger partial charge in [0.1, 0.15) is 11.5 Å². The lowest BCUT2D eigenvalue weighted by molar-refractivity contribution is -0.179. The molecule has 4 aliphatic heterocycles. The Balaban J connectivity index is 1.36. The molecule has 0 unspecified atom stereocenters. The van der Waals surface area contributed by atoms with Crippen molar-refractivity contribution in [2.45, 2.75) is 113 Å². The second-order valence-corrected chi connectivity index (χ2v) is 22.0. The van der Waals surface area contributed by atoms with Crippen LogP contribution in [0.4, 0.5) is 0 Å². The van der Waals surface area contributed by atoms with Crippen molar-refractivity contribution in [2.24, 2.45) is 0 Å². The molecule has 2 aromatic rings. The van der Waals surface area contributed by atoms with Crippen molar-refractivity contribution < 1.29 is 23.7 Å². The molecule has 0 bridgehead atoms. The molecule has 5 nitrogen and oxygen atoms in total. The third kappa shape index (κ3) is 5.43. The van der Waals surface area contributed by atoms with Gasteiger partial charge in [-0.3, -0.25) is 0 Å². The van der Waals surface area contributed by atoms with E-state index in [1.807, 2.05) is 0 Å². The van der Waals surface area contributed by atoms with Gasteiger partial charge in [0.05, 0.1) is 26.4 Å². The molecule has 0 aromatic heterocycles. The van der Waals surface area contributed by atoms with Crippen LogP contribution >= 0.6 is 15.8 Å². The molecule has 0 aliphatic carbocycles. The summed E-state index contributed by atoms with van der Waals surface area (Å²) in [5.74, 6) is 1.05. The predicted octanol–water partition coefficient (Wildman–Crippen LogP) is 7.88. The van der Waals surface area contributed by atoms with Crippen LogP contribution in [-0.2, 0) is 18.9 Å². The highest BCUT2D eigenvalue weighted by Gasteiger charge is 2.58. The number of para-hydroxylation sites is 2. The van der Waals surface area contributed by atoms with E-state index in [9.17, 15) is 0 Å². The minimum absolute atomic E-state index is 0.0213. The minimum atomic E-state index is -0.598. The Kier molecular flexibility index (Phi) is 7.50. The van der Waals surface area contributed by atoms with E-state index in [-0.39, 0.29) is 20.6 Å². The number of ether oxygens (including phenoxy) is 5. The molecule has 224 valence electrons. The summed E-state index contributed by atoms with van der Waals surface area (Å²) in [6, 6.07) is 17.5. The smallest absolute Gasteiger partial charge is 0.170 e. The quantitative estimate of drug-likeness (QED) is 0.335. The van der Waals surface area contributed by atoms with Crippen molar-refractivity contribution in [1.29, 1.82) is 0 Å². The minimum Gasteiger partial charge on any atom is -0.456 e. The lowest BCUT2D eigenvalue weighted by Crippen LogP contribution is -2.52. The van der Waals surface area contributed by atoms with E-state index in [4.69, 9.17) is 23.7 Å². The van der Waals surface area contributed by atoms with Crippen LogP contribution < -0.4 is 15.3 Å². The van der Waals surface area contributed by atoms with Crippen LogP contribution in [0.15, 0.2) is 48.5 Å². The van der Waals surface area contributed by atoms with Crippen LogP contribution in [0.5, 0.6) is 11.5 Å². The van der Waals surface area contributed by atoms with E-state index in [0.717, 1.165) is 37.2 Å². The molecule has 4 aliphatic rings. The van der Waals surface area contributed by atoms with Gasteiger partial charge in [-0.1, -0.05) is 108 Å². The van der Waals surface area contributed by atoms with E-state index in [0.29, 0.717) is 26.4 Å². The topological polar surface area (TPSA) is 46.2 Å². The molecule has 4 fully saturated rings. The predicted molar refractivity (Wildman–Crippen MR) is 170 cm³/mol. The summed E-state index contributed by atoms with van der Waals surface area (Å²) < 4.78 is 32.1. The van der Waals surface area contributed by atoms with Crippen molar-refractivity contribution in [2.75, 3.05) is 26.4 Å². The molecule has 0 radical (unpaired) electrons. The van der Waals surface area contributed by atoms with E-state index >= 15 is 0 Å². The Bertz CT molecular complexity index is 1140. The maximum absolute atomic E-state index is 7.06. The van der Waals surface area contributed by atoms with Gasteiger partial charge >= 0.3 is 0 Å². The molecule has 41 heavy (non-hydrogen) atoms. The Morgan fingerprint density at radius 2 is 0.780 bits per heavy atom. The van der Waals surface area contributed by atoms with Crippen LogP contribution in [0.1, 0.15) is 81.1 Å². The van der Waals surface area contributed by atoms with Gasteiger partial charge in [0, 0.05) is 36.3 Å². The van der Waals surface area contributed by atoms with Crippen molar-refractivity contribution in [3.05, 3.63) is 48.5 Å². The maximum Gasteiger partial charge on any atom is 0.170 e. The fraction of sp³-hybridized carbons (Fsp3) is 0.647. The molecule has 6 rings (SSSR count). The molecule has 0 saturated carbocycles. The summed E-state index contributed by atoms with van der Waals surface area (Å²) in [5.41, 5.74) is 0. The zero-order valence-electron chi connectivity index (χ0n) is 26.2. The fourth-order valence-electron chi connectivity index (χ4n) is 9.00. The zero-order valence-corrected chi connectivity index (χ0v) is 28.0. The molecule has 4 heterocycles. The van der Waals surface area contributed by atoms with Gasteiger partial charge in [-0.05, 0) is 32.8 Å². The third-order valence-electron chi connectivity index (χ3n) is 9.29. The lowest BCUT2D eigenvalue weighted by Gasteiger charge is -2.55. The molecule has 4 saturated heterocycles. The first-order valence-corrected chi connectivity index (χ1v) is 17.9. The summed E-state index contributed by atoms with van der Waals surface area (Å²) >= 11 is 0. The van der Waals surface area contributed by atoms with Crippen molar-refractivity contribution in [3.8, 4) is 11.5 Å². The van der Waals surface area contributed by atoms with Gasteiger partial charge in [-0.15, -0.1) is 0 Å². The molecule has 0 amide bonds. The van der Waals surface area contributed by atoms with Crippen molar-refractivity contribution in [1.82, 2.24) is 0 Å². The average Bonchev–Trinajstić information content (AvgIpc) is 3.47. The SMILES string of the molecule is CC1(C)CC2(CC(C)(C)P1c1ccccc1Oc1ccccc1P1C(C)(C)CC3(CC1(C)C)OCCO3)OCCO2. The first-order valence-electron chi connectivity index (χ1n) is 15.2. The molecular formula is C34H48O5P2. The van der Waals surface area contributed by atoms with Gasteiger partial charge in [0.2, 0.25) is 0 Å².